The van der Waals surface area contributed by atoms with Crippen LogP contribution in [0.4, 0.5) is 13.9 Å². The molecule has 2 nitrogen and oxygen atoms in total. The lowest BCUT2D eigenvalue weighted by Crippen LogP contribution is -2.05. The van der Waals surface area contributed by atoms with Crippen LogP contribution in [0.25, 0.3) is 10.2 Å². The summed E-state index contributed by atoms with van der Waals surface area (Å²) >= 11 is 1.58. The zero-order valence-electron chi connectivity index (χ0n) is 11.5. The van der Waals surface area contributed by atoms with Gasteiger partial charge >= 0.3 is 0 Å². The second-order valence-corrected chi connectivity index (χ2v) is 5.93. The van der Waals surface area contributed by atoms with Crippen LogP contribution < -0.4 is 5.32 Å². The number of nitrogens with one attached hydrogen (secondary N) is 1. The van der Waals surface area contributed by atoms with Gasteiger partial charge in [-0.05, 0) is 42.7 Å². The molecule has 0 aliphatic rings. The zero-order valence-corrected chi connectivity index (χ0v) is 12.3. The molecule has 0 atom stereocenters. The smallest absolute Gasteiger partial charge is 0.183 e. The van der Waals surface area contributed by atoms with Crippen molar-refractivity contribution in [2.45, 2.75) is 13.3 Å². The molecule has 0 amide bonds. The van der Waals surface area contributed by atoms with E-state index in [1.54, 1.807) is 11.3 Å². The minimum absolute atomic E-state index is 0.541. The van der Waals surface area contributed by atoms with Gasteiger partial charge in [-0.25, -0.2) is 13.8 Å². The number of hydrogen-bond acceptors (Lipinski definition) is 3. The Balaban J connectivity index is 1.68. The number of nitrogens with zero attached hydrogens (tertiary/aromatic N) is 1. The molecule has 5 heteroatoms. The summed E-state index contributed by atoms with van der Waals surface area (Å²) in [5, 5.41) is 4.04. The van der Waals surface area contributed by atoms with Gasteiger partial charge in [0.05, 0.1) is 10.2 Å². The van der Waals surface area contributed by atoms with Crippen molar-refractivity contribution in [2.24, 2.45) is 0 Å². The van der Waals surface area contributed by atoms with E-state index in [9.17, 15) is 8.78 Å². The first-order valence-electron chi connectivity index (χ1n) is 6.67. The van der Waals surface area contributed by atoms with Crippen LogP contribution in [-0.2, 0) is 6.42 Å². The fourth-order valence-corrected chi connectivity index (χ4v) is 3.20. The van der Waals surface area contributed by atoms with E-state index in [0.29, 0.717) is 18.5 Å². The lowest BCUT2D eigenvalue weighted by atomic mass is 10.1. The van der Waals surface area contributed by atoms with Gasteiger partial charge in [-0.3, -0.25) is 0 Å². The topological polar surface area (TPSA) is 24.9 Å². The van der Waals surface area contributed by atoms with Gasteiger partial charge in [0.2, 0.25) is 0 Å². The van der Waals surface area contributed by atoms with E-state index in [1.807, 2.05) is 25.1 Å². The Morgan fingerprint density at radius 3 is 2.62 bits per heavy atom. The highest BCUT2D eigenvalue weighted by Crippen LogP contribution is 2.27. The molecule has 0 unspecified atom stereocenters. The quantitative estimate of drug-likeness (QED) is 0.765. The molecule has 108 valence electrons. The van der Waals surface area contributed by atoms with Gasteiger partial charge in [0.15, 0.2) is 5.13 Å². The number of fused-ring (bicyclic) bond motifs is 1. The Morgan fingerprint density at radius 2 is 1.90 bits per heavy atom. The summed E-state index contributed by atoms with van der Waals surface area (Å²) in [5.41, 5.74) is 2.78. The molecule has 0 fully saturated rings. The van der Waals surface area contributed by atoms with Gasteiger partial charge in [0, 0.05) is 12.6 Å². The van der Waals surface area contributed by atoms with Crippen LogP contribution in [0.2, 0.25) is 0 Å². The molecule has 0 spiro atoms. The monoisotopic (exact) mass is 304 g/mol. The van der Waals surface area contributed by atoms with Crippen LogP contribution >= 0.6 is 11.3 Å². The van der Waals surface area contributed by atoms with Crippen LogP contribution in [0.1, 0.15) is 11.1 Å². The minimum Gasteiger partial charge on any atom is -0.361 e. The van der Waals surface area contributed by atoms with E-state index in [4.69, 9.17) is 0 Å². The lowest BCUT2D eigenvalue weighted by molar-refractivity contribution is 0.580. The second-order valence-electron chi connectivity index (χ2n) is 4.90. The van der Waals surface area contributed by atoms with Crippen molar-refractivity contribution in [1.29, 1.82) is 0 Å². The third-order valence-corrected chi connectivity index (χ3v) is 4.21. The van der Waals surface area contributed by atoms with Crippen molar-refractivity contribution < 1.29 is 8.78 Å². The van der Waals surface area contributed by atoms with Crippen LogP contribution in [0.15, 0.2) is 36.4 Å². The van der Waals surface area contributed by atoms with Crippen LogP contribution in [0, 0.1) is 18.6 Å². The van der Waals surface area contributed by atoms with E-state index < -0.39 is 11.6 Å². The van der Waals surface area contributed by atoms with Crippen molar-refractivity contribution in [3.8, 4) is 0 Å². The summed E-state index contributed by atoms with van der Waals surface area (Å²) in [6.07, 6.45) is 0.545. The van der Waals surface area contributed by atoms with Crippen LogP contribution in [0.3, 0.4) is 0 Å². The number of para-hydroxylation sites is 1. The first-order chi connectivity index (χ1) is 10.1. The zero-order chi connectivity index (χ0) is 14.8. The number of halogens is 2. The lowest BCUT2D eigenvalue weighted by Gasteiger charge is -2.03. The Labute approximate surface area is 125 Å². The number of benzene rings is 2. The number of hydrogen-bond donors (Lipinski definition) is 1. The van der Waals surface area contributed by atoms with Gasteiger partial charge < -0.3 is 5.32 Å². The molecule has 0 saturated heterocycles. The Morgan fingerprint density at radius 1 is 1.14 bits per heavy atom. The third-order valence-electron chi connectivity index (χ3n) is 3.23. The highest BCUT2D eigenvalue weighted by molar-refractivity contribution is 7.22. The molecule has 0 bridgehead atoms. The van der Waals surface area contributed by atoms with Gasteiger partial charge in [-0.15, -0.1) is 0 Å². The number of aromatic nitrogens is 1. The third kappa shape index (κ3) is 3.19. The molecule has 0 aliphatic carbocycles. The van der Waals surface area contributed by atoms with Crippen molar-refractivity contribution >= 4 is 26.7 Å². The summed E-state index contributed by atoms with van der Waals surface area (Å²) in [7, 11) is 0. The fraction of sp³-hybridized carbons (Fsp3) is 0.188. The van der Waals surface area contributed by atoms with E-state index in [0.717, 1.165) is 27.0 Å². The standard InChI is InChI=1S/C16H14F2N2S/c1-10-3-2-4-14-15(10)20-16(21-14)19-6-5-11-7-12(17)9-13(18)8-11/h2-4,7-9H,5-6H2,1H3,(H,19,20). The normalized spacial score (nSPS) is 11.0. The molecule has 0 radical (unpaired) electrons. The van der Waals surface area contributed by atoms with Crippen LogP contribution in [-0.4, -0.2) is 11.5 Å². The highest BCUT2D eigenvalue weighted by atomic mass is 32.1. The summed E-state index contributed by atoms with van der Waals surface area (Å²) in [4.78, 5) is 4.54. The average Bonchev–Trinajstić information content (AvgIpc) is 2.82. The highest BCUT2D eigenvalue weighted by Gasteiger charge is 2.05. The van der Waals surface area contributed by atoms with Gasteiger partial charge in [0.25, 0.3) is 0 Å². The molecule has 0 aliphatic heterocycles. The number of rotatable bonds is 4. The number of anilines is 1. The molecular formula is C16H14F2N2S. The summed E-state index contributed by atoms with van der Waals surface area (Å²) in [6, 6.07) is 9.66. The van der Waals surface area contributed by atoms with Gasteiger partial charge in [-0.2, -0.15) is 0 Å². The molecule has 3 aromatic rings. The van der Waals surface area contributed by atoms with E-state index in [2.05, 4.69) is 10.3 Å². The molecule has 1 N–H and O–H groups in total. The summed E-state index contributed by atoms with van der Waals surface area (Å²) in [5.74, 6) is -1.08. The maximum atomic E-state index is 13.1. The first kappa shape index (κ1) is 13.9. The summed E-state index contributed by atoms with van der Waals surface area (Å²) in [6.45, 7) is 2.61. The fourth-order valence-electron chi connectivity index (χ4n) is 2.23. The predicted octanol–water partition coefficient (Wildman–Crippen LogP) is 4.54. The van der Waals surface area contributed by atoms with E-state index >= 15 is 0 Å². The minimum atomic E-state index is -0.541. The van der Waals surface area contributed by atoms with Crippen molar-refractivity contribution in [3.63, 3.8) is 0 Å². The molecule has 21 heavy (non-hydrogen) atoms. The molecular weight excluding hydrogens is 290 g/mol. The maximum Gasteiger partial charge on any atom is 0.183 e. The van der Waals surface area contributed by atoms with Crippen molar-refractivity contribution in [3.05, 3.63) is 59.2 Å². The predicted molar refractivity (Wildman–Crippen MR) is 82.9 cm³/mol. The average molecular weight is 304 g/mol. The Bertz CT molecular complexity index is 763. The Kier molecular flexibility index (Phi) is 3.84. The van der Waals surface area contributed by atoms with Crippen molar-refractivity contribution in [2.75, 3.05) is 11.9 Å². The van der Waals surface area contributed by atoms with Gasteiger partial charge in [-0.1, -0.05) is 23.5 Å². The molecule has 2 aromatic carbocycles. The van der Waals surface area contributed by atoms with E-state index in [-0.39, 0.29) is 0 Å². The largest absolute Gasteiger partial charge is 0.361 e. The molecule has 1 heterocycles. The SMILES string of the molecule is Cc1cccc2sc(NCCc3cc(F)cc(F)c3)nc12. The Hall–Kier alpha value is -2.01. The summed E-state index contributed by atoms with van der Waals surface area (Å²) < 4.78 is 27.3. The molecule has 1 aromatic heterocycles. The second kappa shape index (κ2) is 5.77. The van der Waals surface area contributed by atoms with Crippen molar-refractivity contribution in [1.82, 2.24) is 4.98 Å². The number of thiazole rings is 1. The molecule has 3 rings (SSSR count). The molecule has 0 saturated carbocycles. The first-order valence-corrected chi connectivity index (χ1v) is 7.48. The van der Waals surface area contributed by atoms with E-state index in [1.165, 1.54) is 12.1 Å². The number of aryl methyl sites for hydroxylation is 1. The maximum absolute atomic E-state index is 13.1. The van der Waals surface area contributed by atoms with Gasteiger partial charge in [0.1, 0.15) is 11.6 Å². The van der Waals surface area contributed by atoms with Crippen LogP contribution in [0.5, 0.6) is 0 Å².